The molecule has 2 aromatic carbocycles. The number of pyridine rings is 1. The summed E-state index contributed by atoms with van der Waals surface area (Å²) in [5, 5.41) is 4.37. The maximum Gasteiger partial charge on any atom is 0.281 e. The predicted molar refractivity (Wildman–Crippen MR) is 141 cm³/mol. The maximum atomic E-state index is 13.8. The van der Waals surface area contributed by atoms with E-state index in [4.69, 9.17) is 16.3 Å². The van der Waals surface area contributed by atoms with E-state index in [-0.39, 0.29) is 24.2 Å². The van der Waals surface area contributed by atoms with Crippen molar-refractivity contribution < 1.29 is 18.3 Å². The standard InChI is InChI=1S/C27H25ClF2N4O2S/c28-17-6-8-18(9-7-17)36-19-10-13-34(14-11-19)23(25-24(26(29)30)33-16-37-25)15-32-27(35)21-3-1-5-22-20(21)4-2-12-31-22/h1-9,12,16,19,23,26H,10-11,13-15H2,(H,32,35). The lowest BCUT2D eigenvalue weighted by atomic mass is 10.0. The molecule has 1 N–H and O–H groups in total. The van der Waals surface area contributed by atoms with Crippen LogP contribution in [0.2, 0.25) is 5.02 Å². The normalized spacial score (nSPS) is 15.7. The molecule has 0 radical (unpaired) electrons. The van der Waals surface area contributed by atoms with Crippen LogP contribution >= 0.6 is 22.9 Å². The molecule has 1 amide bonds. The topological polar surface area (TPSA) is 67.4 Å². The molecule has 0 bridgehead atoms. The van der Waals surface area contributed by atoms with E-state index >= 15 is 0 Å². The number of likely N-dealkylation sites (tertiary alicyclic amines) is 1. The van der Waals surface area contributed by atoms with Crippen molar-refractivity contribution in [2.75, 3.05) is 19.6 Å². The lowest BCUT2D eigenvalue weighted by Crippen LogP contribution is -2.44. The Balaban J connectivity index is 1.31. The van der Waals surface area contributed by atoms with Crippen LogP contribution in [0.4, 0.5) is 8.78 Å². The molecule has 5 rings (SSSR count). The number of benzene rings is 2. The lowest BCUT2D eigenvalue weighted by molar-refractivity contribution is 0.0704. The number of ether oxygens (including phenoxy) is 1. The fourth-order valence-corrected chi connectivity index (χ4v) is 5.72. The molecule has 1 fully saturated rings. The van der Waals surface area contributed by atoms with Gasteiger partial charge >= 0.3 is 0 Å². The molecule has 1 aliphatic heterocycles. The Morgan fingerprint density at radius 2 is 1.89 bits per heavy atom. The first-order chi connectivity index (χ1) is 18.0. The van der Waals surface area contributed by atoms with Crippen LogP contribution in [-0.2, 0) is 0 Å². The molecule has 3 heterocycles. The van der Waals surface area contributed by atoms with Gasteiger partial charge in [0.2, 0.25) is 0 Å². The van der Waals surface area contributed by atoms with Crippen molar-refractivity contribution in [1.29, 1.82) is 0 Å². The molecule has 6 nitrogen and oxygen atoms in total. The molecule has 0 aliphatic carbocycles. The van der Waals surface area contributed by atoms with E-state index < -0.39 is 12.5 Å². The number of nitrogens with zero attached hydrogens (tertiary/aromatic N) is 3. The van der Waals surface area contributed by atoms with Gasteiger partial charge in [0.25, 0.3) is 12.3 Å². The number of halogens is 3. The molecule has 2 aromatic heterocycles. The summed E-state index contributed by atoms with van der Waals surface area (Å²) in [6.45, 7) is 1.45. The van der Waals surface area contributed by atoms with Crippen molar-refractivity contribution in [3.05, 3.63) is 87.5 Å². The van der Waals surface area contributed by atoms with E-state index in [9.17, 15) is 13.6 Å². The molecule has 37 heavy (non-hydrogen) atoms. The van der Waals surface area contributed by atoms with Crippen molar-refractivity contribution in [3.63, 3.8) is 0 Å². The van der Waals surface area contributed by atoms with Gasteiger partial charge in [0.15, 0.2) is 0 Å². The summed E-state index contributed by atoms with van der Waals surface area (Å²) in [5.41, 5.74) is 2.44. The van der Waals surface area contributed by atoms with E-state index in [1.54, 1.807) is 36.5 Å². The fourth-order valence-electron chi connectivity index (χ4n) is 4.66. The minimum Gasteiger partial charge on any atom is -0.490 e. The number of nitrogens with one attached hydrogen (secondary N) is 1. The fraction of sp³-hybridized carbons (Fsp3) is 0.296. The van der Waals surface area contributed by atoms with Gasteiger partial charge in [-0.2, -0.15) is 0 Å². The third-order valence-electron chi connectivity index (χ3n) is 6.51. The van der Waals surface area contributed by atoms with Gasteiger partial charge in [0.1, 0.15) is 17.5 Å². The third-order valence-corrected chi connectivity index (χ3v) is 7.71. The monoisotopic (exact) mass is 542 g/mol. The van der Waals surface area contributed by atoms with Gasteiger partial charge in [0.05, 0.1) is 21.9 Å². The minimum absolute atomic E-state index is 0.00637. The average molecular weight is 543 g/mol. The van der Waals surface area contributed by atoms with Crippen LogP contribution in [0, 0.1) is 0 Å². The number of carbonyl (C=O) groups excluding carboxylic acids is 1. The number of rotatable bonds is 8. The van der Waals surface area contributed by atoms with E-state index in [0.717, 1.165) is 29.5 Å². The second-order valence-electron chi connectivity index (χ2n) is 8.81. The summed E-state index contributed by atoms with van der Waals surface area (Å²) >= 11 is 7.16. The summed E-state index contributed by atoms with van der Waals surface area (Å²) in [6.07, 6.45) is 0.451. The lowest BCUT2D eigenvalue weighted by Gasteiger charge is -2.37. The smallest absolute Gasteiger partial charge is 0.281 e. The van der Waals surface area contributed by atoms with Crippen LogP contribution in [0.25, 0.3) is 10.9 Å². The minimum atomic E-state index is -2.69. The number of fused-ring (bicyclic) bond motifs is 1. The van der Waals surface area contributed by atoms with Gasteiger partial charge in [0, 0.05) is 41.8 Å². The van der Waals surface area contributed by atoms with Gasteiger partial charge in [-0.05, 0) is 55.3 Å². The summed E-state index contributed by atoms with van der Waals surface area (Å²) in [6, 6.07) is 15.8. The first-order valence-electron chi connectivity index (χ1n) is 12.0. The van der Waals surface area contributed by atoms with Crippen LogP contribution < -0.4 is 10.1 Å². The van der Waals surface area contributed by atoms with E-state index in [0.29, 0.717) is 28.6 Å². The number of hydrogen-bond acceptors (Lipinski definition) is 6. The van der Waals surface area contributed by atoms with Gasteiger partial charge in [-0.25, -0.2) is 13.8 Å². The maximum absolute atomic E-state index is 13.8. The van der Waals surface area contributed by atoms with Crippen LogP contribution in [0.5, 0.6) is 5.75 Å². The zero-order chi connectivity index (χ0) is 25.8. The Labute approximate surface area is 222 Å². The quantitative estimate of drug-likeness (QED) is 0.283. The second kappa shape index (κ2) is 11.5. The molecule has 1 unspecified atom stereocenters. The molecule has 0 saturated carbocycles. The molecular formula is C27H25ClF2N4O2S. The van der Waals surface area contributed by atoms with Gasteiger partial charge in [-0.15, -0.1) is 11.3 Å². The average Bonchev–Trinajstić information content (AvgIpc) is 3.41. The van der Waals surface area contributed by atoms with Gasteiger partial charge in [-0.1, -0.05) is 23.7 Å². The molecule has 10 heteroatoms. The molecule has 0 spiro atoms. The third kappa shape index (κ3) is 5.89. The van der Waals surface area contributed by atoms with Gasteiger partial charge in [-0.3, -0.25) is 14.7 Å². The number of aromatic nitrogens is 2. The largest absolute Gasteiger partial charge is 0.490 e. The van der Waals surface area contributed by atoms with Crippen LogP contribution in [0.1, 0.15) is 46.2 Å². The first kappa shape index (κ1) is 25.5. The summed E-state index contributed by atoms with van der Waals surface area (Å²) < 4.78 is 33.6. The summed E-state index contributed by atoms with van der Waals surface area (Å²) in [4.78, 5) is 24.0. The highest BCUT2D eigenvalue weighted by Gasteiger charge is 2.32. The van der Waals surface area contributed by atoms with E-state index in [2.05, 4.69) is 20.2 Å². The van der Waals surface area contributed by atoms with Crippen molar-refractivity contribution >= 4 is 39.7 Å². The van der Waals surface area contributed by atoms with Crippen molar-refractivity contribution in [2.45, 2.75) is 31.4 Å². The molecule has 192 valence electrons. The van der Waals surface area contributed by atoms with Crippen molar-refractivity contribution in [1.82, 2.24) is 20.2 Å². The van der Waals surface area contributed by atoms with Crippen LogP contribution in [-0.4, -0.2) is 46.5 Å². The molecule has 1 aliphatic rings. The number of thiazole rings is 1. The highest BCUT2D eigenvalue weighted by atomic mass is 35.5. The number of hydrogen-bond donors (Lipinski definition) is 1. The van der Waals surface area contributed by atoms with E-state index in [1.165, 1.54) is 16.8 Å². The number of piperidine rings is 1. The molecule has 4 aromatic rings. The molecule has 1 atom stereocenters. The van der Waals surface area contributed by atoms with Crippen LogP contribution in [0.15, 0.2) is 66.3 Å². The molecular weight excluding hydrogens is 518 g/mol. The van der Waals surface area contributed by atoms with Crippen molar-refractivity contribution in [3.8, 4) is 5.75 Å². The first-order valence-corrected chi connectivity index (χ1v) is 13.2. The predicted octanol–water partition coefficient (Wildman–Crippen LogP) is 6.30. The number of carbonyl (C=O) groups is 1. The Kier molecular flexibility index (Phi) is 7.93. The summed E-state index contributed by atoms with van der Waals surface area (Å²) in [7, 11) is 0. The van der Waals surface area contributed by atoms with Crippen molar-refractivity contribution in [2.24, 2.45) is 0 Å². The molecule has 1 saturated heterocycles. The number of amides is 1. The summed E-state index contributed by atoms with van der Waals surface area (Å²) in [5.74, 6) is 0.478. The number of alkyl halides is 2. The highest BCUT2D eigenvalue weighted by molar-refractivity contribution is 7.09. The Bertz CT molecular complexity index is 1350. The van der Waals surface area contributed by atoms with Crippen LogP contribution in [0.3, 0.4) is 0 Å². The van der Waals surface area contributed by atoms with Gasteiger partial charge < -0.3 is 10.1 Å². The SMILES string of the molecule is O=C(NCC(c1scnc1C(F)F)N1CCC(Oc2ccc(Cl)cc2)CC1)c1cccc2ncccc12. The zero-order valence-corrected chi connectivity index (χ0v) is 21.4. The van der Waals surface area contributed by atoms with E-state index in [1.807, 2.05) is 24.3 Å². The Hall–Kier alpha value is -3.14. The second-order valence-corrected chi connectivity index (χ2v) is 10.1. The Morgan fingerprint density at radius 3 is 2.65 bits per heavy atom. The zero-order valence-electron chi connectivity index (χ0n) is 19.8. The Morgan fingerprint density at radius 1 is 1.11 bits per heavy atom. The highest BCUT2D eigenvalue weighted by Crippen LogP contribution is 2.35.